The second-order valence-electron chi connectivity index (χ2n) is 5.16. The Kier molecular flexibility index (Phi) is 4.35. The van der Waals surface area contributed by atoms with Crippen molar-refractivity contribution in [1.82, 2.24) is 19.4 Å². The molecule has 0 unspecified atom stereocenters. The van der Waals surface area contributed by atoms with Crippen molar-refractivity contribution >= 4 is 26.9 Å². The largest absolute Gasteiger partial charge is 0.328 e. The lowest BCUT2D eigenvalue weighted by Gasteiger charge is -2.22. The van der Waals surface area contributed by atoms with Gasteiger partial charge in [-0.25, -0.2) is 18.4 Å². The molecule has 2 rings (SSSR count). The molecule has 118 valence electrons. The van der Waals surface area contributed by atoms with Gasteiger partial charge in [-0.15, -0.1) is 4.83 Å². The fourth-order valence-corrected chi connectivity index (χ4v) is 2.83. The number of hydrogen-bond acceptors (Lipinski definition) is 6. The number of hydrogen-bond donors (Lipinski definition) is 1. The smallest absolute Gasteiger partial charge is 0.225 e. The number of sulfonamides is 1. The normalized spacial score (nSPS) is 11.8. The minimum Gasteiger partial charge on any atom is -0.328 e. The van der Waals surface area contributed by atoms with Gasteiger partial charge in [-0.05, 0) is 20.8 Å². The summed E-state index contributed by atoms with van der Waals surface area (Å²) in [6.45, 7) is 6.11. The van der Waals surface area contributed by atoms with Crippen molar-refractivity contribution in [3.05, 3.63) is 18.1 Å². The summed E-state index contributed by atoms with van der Waals surface area (Å²) in [4.78, 5) is 10.8. The van der Waals surface area contributed by atoms with E-state index in [4.69, 9.17) is 0 Å². The highest BCUT2D eigenvalue weighted by Gasteiger charge is 2.21. The molecule has 0 spiro atoms. The van der Waals surface area contributed by atoms with Crippen LogP contribution in [0.1, 0.15) is 32.4 Å². The molecule has 9 heteroatoms. The molecule has 0 aromatic carbocycles. The Morgan fingerprint density at radius 2 is 2.14 bits per heavy atom. The number of hydrazine groups is 1. The molecule has 0 aliphatic rings. The molecule has 1 N–H and O–H groups in total. The van der Waals surface area contributed by atoms with Crippen LogP contribution in [-0.4, -0.2) is 35.8 Å². The van der Waals surface area contributed by atoms with Crippen LogP contribution < -0.4 is 9.84 Å². The Morgan fingerprint density at radius 1 is 1.45 bits per heavy atom. The fourth-order valence-electron chi connectivity index (χ4n) is 2.21. The Bertz CT molecular complexity index is 834. The average Bonchev–Trinajstić information content (AvgIpc) is 2.82. The first kappa shape index (κ1) is 16.2. The van der Waals surface area contributed by atoms with E-state index in [0.717, 1.165) is 6.26 Å². The molecule has 0 fully saturated rings. The van der Waals surface area contributed by atoms with Gasteiger partial charge in [-0.3, -0.25) is 5.01 Å². The molecule has 0 amide bonds. The Hall–Kier alpha value is -2.18. The molecule has 22 heavy (non-hydrogen) atoms. The van der Waals surface area contributed by atoms with Crippen LogP contribution >= 0.6 is 0 Å². The fraction of sp³-hybridized carbons (Fsp3) is 0.462. The SMILES string of the molecule is CCN(NS(C)(=O)=O)c1ncnc2c1c(C#N)cn2C(C)C. The lowest BCUT2D eigenvalue weighted by atomic mass is 10.2. The van der Waals surface area contributed by atoms with Gasteiger partial charge in [0.25, 0.3) is 0 Å². The van der Waals surface area contributed by atoms with Crippen molar-refractivity contribution in [2.24, 2.45) is 0 Å². The first-order chi connectivity index (χ1) is 10.3. The van der Waals surface area contributed by atoms with Crippen molar-refractivity contribution < 1.29 is 8.42 Å². The molecule has 8 nitrogen and oxygen atoms in total. The molecule has 2 aromatic rings. The van der Waals surface area contributed by atoms with E-state index in [9.17, 15) is 13.7 Å². The molecule has 2 aromatic heterocycles. The first-order valence-corrected chi connectivity index (χ1v) is 8.68. The van der Waals surface area contributed by atoms with Crippen LogP contribution in [0.15, 0.2) is 12.5 Å². The van der Waals surface area contributed by atoms with Crippen LogP contribution in [0.4, 0.5) is 5.82 Å². The standard InChI is InChI=1S/C13H18N6O2S/c1-5-19(17-22(4,20)21)13-11-10(6-14)7-18(9(2)3)12(11)15-8-16-13/h7-9,17H,5H2,1-4H3. The van der Waals surface area contributed by atoms with Crippen LogP contribution in [0, 0.1) is 11.3 Å². The van der Waals surface area contributed by atoms with Crippen molar-refractivity contribution in [3.8, 4) is 6.07 Å². The molecule has 0 aliphatic heterocycles. The van der Waals surface area contributed by atoms with Crippen molar-refractivity contribution in [2.75, 3.05) is 17.8 Å². The highest BCUT2D eigenvalue weighted by Crippen LogP contribution is 2.29. The molecule has 0 bridgehead atoms. The number of nitrogens with one attached hydrogen (secondary N) is 1. The maximum Gasteiger partial charge on any atom is 0.225 e. The number of nitriles is 1. The third-order valence-corrected chi connectivity index (χ3v) is 3.67. The Balaban J connectivity index is 2.72. The van der Waals surface area contributed by atoms with Gasteiger partial charge in [0.05, 0.1) is 17.2 Å². The van der Waals surface area contributed by atoms with E-state index in [-0.39, 0.29) is 6.04 Å². The molecule has 0 radical (unpaired) electrons. The zero-order chi connectivity index (χ0) is 16.5. The molecule has 2 heterocycles. The summed E-state index contributed by atoms with van der Waals surface area (Å²) in [7, 11) is -3.46. The van der Waals surface area contributed by atoms with Gasteiger partial charge in [0.2, 0.25) is 10.0 Å². The minimum absolute atomic E-state index is 0.116. The first-order valence-electron chi connectivity index (χ1n) is 6.79. The molecular formula is C13H18N6O2S. The third-order valence-electron chi connectivity index (χ3n) is 3.11. The summed E-state index contributed by atoms with van der Waals surface area (Å²) in [5.74, 6) is 0.369. The van der Waals surface area contributed by atoms with Crippen LogP contribution in [0.3, 0.4) is 0 Å². The van der Waals surface area contributed by atoms with Gasteiger partial charge in [0.15, 0.2) is 5.82 Å². The zero-order valence-corrected chi connectivity index (χ0v) is 13.7. The summed E-state index contributed by atoms with van der Waals surface area (Å²) in [6, 6.07) is 2.24. The van der Waals surface area contributed by atoms with E-state index in [0.29, 0.717) is 29.0 Å². The molecule has 0 saturated carbocycles. The number of aromatic nitrogens is 3. The summed E-state index contributed by atoms with van der Waals surface area (Å²) in [5, 5.41) is 11.3. The second-order valence-corrected chi connectivity index (χ2v) is 6.89. The van der Waals surface area contributed by atoms with Crippen LogP contribution in [0.25, 0.3) is 11.0 Å². The molecular weight excluding hydrogens is 304 g/mol. The predicted octanol–water partition coefficient (Wildman–Crippen LogP) is 1.17. The lowest BCUT2D eigenvalue weighted by Crippen LogP contribution is -2.42. The van der Waals surface area contributed by atoms with E-state index in [2.05, 4.69) is 20.9 Å². The number of anilines is 1. The highest BCUT2D eigenvalue weighted by atomic mass is 32.2. The topological polar surface area (TPSA) is 104 Å². The van der Waals surface area contributed by atoms with Gasteiger partial charge in [-0.2, -0.15) is 5.26 Å². The Labute approximate surface area is 129 Å². The van der Waals surface area contributed by atoms with Crippen molar-refractivity contribution in [1.29, 1.82) is 5.26 Å². The molecule has 0 aliphatic carbocycles. The maximum atomic E-state index is 11.5. The number of nitrogens with zero attached hydrogens (tertiary/aromatic N) is 5. The van der Waals surface area contributed by atoms with Crippen LogP contribution in [0.5, 0.6) is 0 Å². The lowest BCUT2D eigenvalue weighted by molar-refractivity contribution is 0.582. The summed E-state index contributed by atoms with van der Waals surface area (Å²) in [5.41, 5.74) is 1.01. The van der Waals surface area contributed by atoms with Crippen LogP contribution in [-0.2, 0) is 10.0 Å². The Morgan fingerprint density at radius 3 is 2.64 bits per heavy atom. The van der Waals surface area contributed by atoms with E-state index in [1.165, 1.54) is 11.3 Å². The van der Waals surface area contributed by atoms with Crippen molar-refractivity contribution in [2.45, 2.75) is 26.8 Å². The van der Waals surface area contributed by atoms with Gasteiger partial charge >= 0.3 is 0 Å². The van der Waals surface area contributed by atoms with Gasteiger partial charge < -0.3 is 4.57 Å². The van der Waals surface area contributed by atoms with E-state index in [1.54, 1.807) is 13.1 Å². The van der Waals surface area contributed by atoms with Gasteiger partial charge in [0, 0.05) is 18.8 Å². The van der Waals surface area contributed by atoms with E-state index >= 15 is 0 Å². The van der Waals surface area contributed by atoms with Gasteiger partial charge in [-0.1, -0.05) is 0 Å². The van der Waals surface area contributed by atoms with E-state index < -0.39 is 10.0 Å². The zero-order valence-electron chi connectivity index (χ0n) is 12.9. The highest BCUT2D eigenvalue weighted by molar-refractivity contribution is 7.88. The van der Waals surface area contributed by atoms with Gasteiger partial charge in [0.1, 0.15) is 18.0 Å². The van der Waals surface area contributed by atoms with Crippen LogP contribution in [0.2, 0.25) is 0 Å². The summed E-state index contributed by atoms with van der Waals surface area (Å²) in [6.07, 6.45) is 4.14. The summed E-state index contributed by atoms with van der Waals surface area (Å²) < 4.78 is 24.9. The maximum absolute atomic E-state index is 11.5. The quantitative estimate of drug-likeness (QED) is 0.829. The predicted molar refractivity (Wildman–Crippen MR) is 83.6 cm³/mol. The number of fused-ring (bicyclic) bond motifs is 1. The van der Waals surface area contributed by atoms with E-state index in [1.807, 2.05) is 18.4 Å². The number of rotatable bonds is 5. The minimum atomic E-state index is -3.46. The molecule has 0 saturated heterocycles. The van der Waals surface area contributed by atoms with Crippen molar-refractivity contribution in [3.63, 3.8) is 0 Å². The third kappa shape index (κ3) is 3.03. The molecule has 0 atom stereocenters. The average molecular weight is 322 g/mol. The monoisotopic (exact) mass is 322 g/mol. The second kappa shape index (κ2) is 5.90. The summed E-state index contributed by atoms with van der Waals surface area (Å²) >= 11 is 0.